The number of methoxy groups -OCH3 is 1. The zero-order valence-corrected chi connectivity index (χ0v) is 19.6. The summed E-state index contributed by atoms with van der Waals surface area (Å²) in [5.74, 6) is 1.13. The number of hydrogen-bond donors (Lipinski definition) is 2. The van der Waals surface area contributed by atoms with E-state index in [-0.39, 0.29) is 12.4 Å². The van der Waals surface area contributed by atoms with Crippen molar-refractivity contribution >= 4 is 67.9 Å². The first-order valence-corrected chi connectivity index (χ1v) is 10.5. The quantitative estimate of drug-likeness (QED) is 0.312. The zero-order chi connectivity index (χ0) is 20.4. The van der Waals surface area contributed by atoms with Crippen molar-refractivity contribution in [2.45, 2.75) is 0 Å². The summed E-state index contributed by atoms with van der Waals surface area (Å²) in [5.41, 5.74) is 9.42. The fourth-order valence-corrected chi connectivity index (χ4v) is 4.20. The molecule has 0 fully saturated rings. The Balaban J connectivity index is 0.00000256. The first-order valence-electron chi connectivity index (χ1n) is 8.49. The van der Waals surface area contributed by atoms with Crippen molar-refractivity contribution in [3.63, 3.8) is 0 Å². The predicted molar refractivity (Wildman–Crippen MR) is 129 cm³/mol. The van der Waals surface area contributed by atoms with E-state index in [1.165, 1.54) is 11.3 Å². The molecule has 0 saturated heterocycles. The fraction of sp³-hybridized carbons (Fsp3) is 0.0500. The number of aromatic nitrogens is 3. The number of nitrogens with zero attached hydrogens (tertiary/aromatic N) is 3. The van der Waals surface area contributed by atoms with Crippen molar-refractivity contribution in [3.8, 4) is 27.4 Å². The number of pyridine rings is 1. The van der Waals surface area contributed by atoms with Gasteiger partial charge in [-0.05, 0) is 54.1 Å². The molecule has 0 aliphatic rings. The summed E-state index contributed by atoms with van der Waals surface area (Å²) in [5, 5.41) is 14.0. The Bertz CT molecular complexity index is 1170. The molecular formula is C20H16BrCl2N5OS. The third-order valence-corrected chi connectivity index (χ3v) is 5.69. The number of nitrogen functional groups attached to an aromatic ring is 1. The van der Waals surface area contributed by atoms with Crippen LogP contribution < -0.4 is 15.8 Å². The Morgan fingerprint density at radius 3 is 2.57 bits per heavy atom. The van der Waals surface area contributed by atoms with Gasteiger partial charge in [0.1, 0.15) is 16.6 Å². The molecule has 0 atom stereocenters. The lowest BCUT2D eigenvalue weighted by Gasteiger charge is -2.14. The molecule has 4 rings (SSSR count). The van der Waals surface area contributed by atoms with Gasteiger partial charge in [-0.25, -0.2) is 4.98 Å². The minimum atomic E-state index is 0. The number of nitrogens with two attached hydrogens (primary N) is 1. The smallest absolute Gasteiger partial charge is 0.210 e. The summed E-state index contributed by atoms with van der Waals surface area (Å²) in [4.78, 5) is 4.08. The van der Waals surface area contributed by atoms with Crippen LogP contribution in [0.5, 0.6) is 5.75 Å². The van der Waals surface area contributed by atoms with E-state index in [4.69, 9.17) is 22.1 Å². The van der Waals surface area contributed by atoms with Crippen LogP contribution in [-0.2, 0) is 0 Å². The molecule has 154 valence electrons. The van der Waals surface area contributed by atoms with Crippen LogP contribution in [-0.4, -0.2) is 22.3 Å². The molecular weight excluding hydrogens is 509 g/mol. The highest BCUT2D eigenvalue weighted by molar-refractivity contribution is 9.10. The molecule has 2 heterocycles. The van der Waals surface area contributed by atoms with Gasteiger partial charge >= 0.3 is 0 Å². The van der Waals surface area contributed by atoms with Crippen molar-refractivity contribution in [2.75, 3.05) is 18.2 Å². The van der Waals surface area contributed by atoms with Gasteiger partial charge < -0.3 is 15.8 Å². The highest BCUT2D eigenvalue weighted by Crippen LogP contribution is 2.43. The van der Waals surface area contributed by atoms with Crippen LogP contribution >= 0.6 is 51.3 Å². The van der Waals surface area contributed by atoms with Gasteiger partial charge in [-0.1, -0.05) is 38.9 Å². The molecule has 0 amide bonds. The molecule has 2 aromatic carbocycles. The Morgan fingerprint density at radius 2 is 1.87 bits per heavy atom. The minimum absolute atomic E-state index is 0. The van der Waals surface area contributed by atoms with Crippen molar-refractivity contribution < 1.29 is 4.74 Å². The van der Waals surface area contributed by atoms with Gasteiger partial charge in [-0.2, -0.15) is 0 Å². The van der Waals surface area contributed by atoms with E-state index in [1.54, 1.807) is 13.3 Å². The highest BCUT2D eigenvalue weighted by Gasteiger charge is 2.18. The molecule has 0 unspecified atom stereocenters. The average molecular weight is 525 g/mol. The van der Waals surface area contributed by atoms with Gasteiger partial charge in [0.05, 0.1) is 7.11 Å². The SMILES string of the molecule is COc1cc(Br)cc(-c2nnc(Nc3ccc(Cl)cc3)s2)c1-c1ccnc(N)c1.Cl. The number of ether oxygens (including phenoxy) is 1. The van der Waals surface area contributed by atoms with Crippen molar-refractivity contribution in [1.82, 2.24) is 15.2 Å². The molecule has 0 radical (unpaired) electrons. The van der Waals surface area contributed by atoms with E-state index in [2.05, 4.69) is 36.4 Å². The molecule has 3 N–H and O–H groups in total. The maximum absolute atomic E-state index is 5.95. The van der Waals surface area contributed by atoms with Crippen LogP contribution in [0.25, 0.3) is 21.7 Å². The number of nitrogens with one attached hydrogen (secondary N) is 1. The highest BCUT2D eigenvalue weighted by atomic mass is 79.9. The molecule has 0 spiro atoms. The minimum Gasteiger partial charge on any atom is -0.496 e. The summed E-state index contributed by atoms with van der Waals surface area (Å²) >= 11 is 10.9. The van der Waals surface area contributed by atoms with Crippen LogP contribution in [0.15, 0.2) is 59.2 Å². The lowest BCUT2D eigenvalue weighted by Crippen LogP contribution is -1.95. The Morgan fingerprint density at radius 1 is 1.10 bits per heavy atom. The van der Waals surface area contributed by atoms with E-state index < -0.39 is 0 Å². The molecule has 6 nitrogen and oxygen atoms in total. The molecule has 30 heavy (non-hydrogen) atoms. The fourth-order valence-electron chi connectivity index (χ4n) is 2.85. The maximum Gasteiger partial charge on any atom is 0.210 e. The van der Waals surface area contributed by atoms with Gasteiger partial charge in [-0.3, -0.25) is 0 Å². The first-order chi connectivity index (χ1) is 14.0. The maximum atomic E-state index is 5.95. The number of benzene rings is 2. The molecule has 0 aliphatic carbocycles. The molecule has 0 aliphatic heterocycles. The van der Waals surface area contributed by atoms with Gasteiger partial charge in [0, 0.05) is 32.5 Å². The largest absolute Gasteiger partial charge is 0.496 e. The van der Waals surface area contributed by atoms with Crippen LogP contribution in [0, 0.1) is 0 Å². The second-order valence-corrected chi connectivity index (χ2v) is 8.37. The number of hydrogen-bond acceptors (Lipinski definition) is 7. The van der Waals surface area contributed by atoms with E-state index in [0.717, 1.165) is 31.9 Å². The number of anilines is 3. The van der Waals surface area contributed by atoms with E-state index in [0.29, 0.717) is 21.7 Å². The van der Waals surface area contributed by atoms with E-state index in [1.807, 2.05) is 48.5 Å². The third kappa shape index (κ3) is 4.84. The summed E-state index contributed by atoms with van der Waals surface area (Å²) < 4.78 is 6.51. The second kappa shape index (κ2) is 9.61. The molecule has 0 bridgehead atoms. The van der Waals surface area contributed by atoms with Crippen LogP contribution in [0.1, 0.15) is 0 Å². The molecule has 10 heteroatoms. The van der Waals surface area contributed by atoms with Crippen LogP contribution in [0.3, 0.4) is 0 Å². The van der Waals surface area contributed by atoms with Gasteiger partial charge in [0.2, 0.25) is 5.13 Å². The lowest BCUT2D eigenvalue weighted by molar-refractivity contribution is 0.416. The number of rotatable bonds is 5. The zero-order valence-electron chi connectivity index (χ0n) is 15.6. The summed E-state index contributed by atoms with van der Waals surface area (Å²) in [6, 6.07) is 15.0. The first kappa shape index (κ1) is 22.3. The summed E-state index contributed by atoms with van der Waals surface area (Å²) in [6.07, 6.45) is 1.67. The topological polar surface area (TPSA) is 86.0 Å². The van der Waals surface area contributed by atoms with Crippen molar-refractivity contribution in [3.05, 3.63) is 64.2 Å². The van der Waals surface area contributed by atoms with E-state index >= 15 is 0 Å². The lowest BCUT2D eigenvalue weighted by atomic mass is 9.99. The number of halogens is 3. The van der Waals surface area contributed by atoms with Crippen molar-refractivity contribution in [1.29, 1.82) is 0 Å². The summed E-state index contributed by atoms with van der Waals surface area (Å²) in [6.45, 7) is 0. The van der Waals surface area contributed by atoms with Crippen LogP contribution in [0.4, 0.5) is 16.6 Å². The second-order valence-electron chi connectivity index (χ2n) is 6.04. The average Bonchev–Trinajstić information content (AvgIpc) is 3.17. The Hall–Kier alpha value is -2.39. The van der Waals surface area contributed by atoms with Gasteiger partial charge in [0.15, 0.2) is 0 Å². The Labute approximate surface area is 197 Å². The monoisotopic (exact) mass is 523 g/mol. The van der Waals surface area contributed by atoms with Crippen LogP contribution in [0.2, 0.25) is 5.02 Å². The van der Waals surface area contributed by atoms with Gasteiger partial charge in [-0.15, -0.1) is 22.6 Å². The Kier molecular flexibility index (Phi) is 7.14. The normalized spacial score (nSPS) is 10.4. The predicted octanol–water partition coefficient (Wildman–Crippen LogP) is 6.44. The van der Waals surface area contributed by atoms with Crippen molar-refractivity contribution in [2.24, 2.45) is 0 Å². The third-order valence-electron chi connectivity index (χ3n) is 4.11. The standard InChI is InChI=1S/C20H15BrClN5OS.ClH/c1-28-16-10-12(21)9-15(18(16)11-6-7-24-17(23)8-11)19-26-27-20(29-19)25-14-4-2-13(22)3-5-14;/h2-10H,1H3,(H2,23,24)(H,25,27);1H. The van der Waals surface area contributed by atoms with Gasteiger partial charge in [0.25, 0.3) is 0 Å². The van der Waals surface area contributed by atoms with E-state index in [9.17, 15) is 0 Å². The molecule has 2 aromatic heterocycles. The molecule has 4 aromatic rings. The molecule has 0 saturated carbocycles. The summed E-state index contributed by atoms with van der Waals surface area (Å²) in [7, 11) is 1.63.